The summed E-state index contributed by atoms with van der Waals surface area (Å²) in [6.07, 6.45) is 2.74. The van der Waals surface area contributed by atoms with E-state index in [1.54, 1.807) is 0 Å². The Bertz CT molecular complexity index is 441. The minimum atomic E-state index is 0.662. The van der Waals surface area contributed by atoms with Crippen molar-refractivity contribution >= 4 is 12.1 Å². The number of carbonyl (C=O) groups is 1. The molecule has 0 aliphatic heterocycles. The third kappa shape index (κ3) is 4.15. The van der Waals surface area contributed by atoms with Crippen molar-refractivity contribution in [3.63, 3.8) is 0 Å². The first kappa shape index (κ1) is 13.0. The van der Waals surface area contributed by atoms with Gasteiger partial charge in [-0.3, -0.25) is 4.79 Å². The summed E-state index contributed by atoms with van der Waals surface area (Å²) in [5.41, 5.74) is 3.55. The molecule has 1 N–H and O–H groups in total. The molecule has 0 atom stereocenters. The van der Waals surface area contributed by atoms with Crippen LogP contribution in [0.3, 0.4) is 0 Å². The van der Waals surface area contributed by atoms with Gasteiger partial charge in [0.2, 0.25) is 6.41 Å². The fourth-order valence-electron chi connectivity index (χ4n) is 1.34. The summed E-state index contributed by atoms with van der Waals surface area (Å²) < 4.78 is 2.12. The van der Waals surface area contributed by atoms with E-state index in [0.29, 0.717) is 6.41 Å². The number of nitrogens with one attached hydrogen (secondary N) is 1. The molecule has 3 nitrogen and oxygen atoms in total. The van der Waals surface area contributed by atoms with Crippen LogP contribution in [0.2, 0.25) is 0 Å². The molecule has 1 amide bonds. The van der Waals surface area contributed by atoms with Crippen LogP contribution in [-0.2, 0) is 11.8 Å². The molecule has 2 aromatic rings. The summed E-state index contributed by atoms with van der Waals surface area (Å²) in [5, 5.41) is 2.53. The van der Waals surface area contributed by atoms with Crippen LogP contribution in [0.1, 0.15) is 11.3 Å². The highest BCUT2D eigenvalue weighted by Gasteiger charge is 1.92. The third-order valence-corrected chi connectivity index (χ3v) is 2.65. The van der Waals surface area contributed by atoms with Gasteiger partial charge in [-0.1, -0.05) is 18.2 Å². The molecule has 1 aromatic heterocycles. The highest BCUT2D eigenvalue weighted by molar-refractivity contribution is 5.70. The molecule has 3 heteroatoms. The van der Waals surface area contributed by atoms with Crippen molar-refractivity contribution in [1.29, 1.82) is 0 Å². The molecule has 0 unspecified atom stereocenters. The number of hydrogen-bond acceptors (Lipinski definition) is 1. The number of anilines is 1. The summed E-state index contributed by atoms with van der Waals surface area (Å²) in [6.45, 7) is 4.24. The minimum absolute atomic E-state index is 0.662. The van der Waals surface area contributed by atoms with Crippen LogP contribution >= 0.6 is 0 Å². The molecule has 0 fully saturated rings. The zero-order chi connectivity index (χ0) is 12.7. The number of rotatable bonds is 2. The first-order chi connectivity index (χ1) is 8.15. The van der Waals surface area contributed by atoms with Crippen molar-refractivity contribution in [2.75, 3.05) is 5.32 Å². The van der Waals surface area contributed by atoms with Gasteiger partial charge in [0, 0.05) is 24.6 Å². The molecule has 0 bridgehead atoms. The summed E-state index contributed by atoms with van der Waals surface area (Å²) in [6, 6.07) is 11.4. The number of aromatic nitrogens is 1. The van der Waals surface area contributed by atoms with Gasteiger partial charge in [0.1, 0.15) is 0 Å². The van der Waals surface area contributed by atoms with Crippen molar-refractivity contribution in [3.8, 4) is 0 Å². The zero-order valence-electron chi connectivity index (χ0n) is 10.5. The van der Waals surface area contributed by atoms with E-state index in [2.05, 4.69) is 43.0 Å². The maximum atomic E-state index is 9.86. The van der Waals surface area contributed by atoms with Gasteiger partial charge in [-0.15, -0.1) is 0 Å². The predicted molar refractivity (Wildman–Crippen MR) is 71.0 cm³/mol. The monoisotopic (exact) mass is 230 g/mol. The molecule has 0 aliphatic rings. The normalized spacial score (nSPS) is 9.12. The van der Waals surface area contributed by atoms with Gasteiger partial charge in [-0.05, 0) is 37.6 Å². The van der Waals surface area contributed by atoms with E-state index in [4.69, 9.17) is 0 Å². The highest BCUT2D eigenvalue weighted by atomic mass is 16.1. The average molecular weight is 230 g/mol. The highest BCUT2D eigenvalue weighted by Crippen LogP contribution is 2.04. The molecule has 1 aromatic carbocycles. The van der Waals surface area contributed by atoms with Gasteiger partial charge in [0.25, 0.3) is 0 Å². The number of aryl methyl sites for hydroxylation is 2. The molecule has 0 saturated carbocycles. The van der Waals surface area contributed by atoms with Crippen LogP contribution < -0.4 is 5.32 Å². The van der Waals surface area contributed by atoms with Crippen LogP contribution in [0.4, 0.5) is 5.69 Å². The standard InChI is InChI=1S/C7H7NO.C7H11N/c9-6-8-7-4-2-1-3-5-7;1-6-4-5-8(3)7(6)2/h1-6H,(H,8,9);4-5H,1-3H3. The number of carbonyl (C=O) groups excluding carboxylic acids is 1. The molecule has 0 saturated heterocycles. The summed E-state index contributed by atoms with van der Waals surface area (Å²) in [4.78, 5) is 9.86. The quantitative estimate of drug-likeness (QED) is 0.791. The van der Waals surface area contributed by atoms with Crippen LogP contribution in [-0.4, -0.2) is 11.0 Å². The molecule has 1 heterocycles. The van der Waals surface area contributed by atoms with E-state index in [9.17, 15) is 4.79 Å². The maximum absolute atomic E-state index is 9.86. The first-order valence-corrected chi connectivity index (χ1v) is 5.49. The van der Waals surface area contributed by atoms with Gasteiger partial charge in [0.15, 0.2) is 0 Å². The van der Waals surface area contributed by atoms with Crippen molar-refractivity contribution in [3.05, 3.63) is 53.9 Å². The minimum Gasteiger partial charge on any atom is -0.354 e. The van der Waals surface area contributed by atoms with Crippen molar-refractivity contribution in [1.82, 2.24) is 4.57 Å². The van der Waals surface area contributed by atoms with Crippen LogP contribution in [0.25, 0.3) is 0 Å². The van der Waals surface area contributed by atoms with E-state index in [1.165, 1.54) is 11.3 Å². The van der Waals surface area contributed by atoms with Crippen LogP contribution in [0.5, 0.6) is 0 Å². The Morgan fingerprint density at radius 2 is 1.76 bits per heavy atom. The van der Waals surface area contributed by atoms with E-state index in [-0.39, 0.29) is 0 Å². The molecule has 0 aliphatic carbocycles. The Kier molecular flexibility index (Phi) is 5.01. The molecule has 0 radical (unpaired) electrons. The molecule has 17 heavy (non-hydrogen) atoms. The number of benzene rings is 1. The Labute approximate surface area is 102 Å². The van der Waals surface area contributed by atoms with Crippen LogP contribution in [0.15, 0.2) is 42.6 Å². The number of para-hydroxylation sites is 1. The second-order valence-electron chi connectivity index (χ2n) is 3.82. The Balaban J connectivity index is 0.000000171. The number of amides is 1. The number of nitrogens with zero attached hydrogens (tertiary/aromatic N) is 1. The summed E-state index contributed by atoms with van der Waals surface area (Å²) in [5.74, 6) is 0. The number of hydrogen-bond donors (Lipinski definition) is 1. The van der Waals surface area contributed by atoms with Crippen molar-refractivity contribution in [2.24, 2.45) is 7.05 Å². The first-order valence-electron chi connectivity index (χ1n) is 5.49. The van der Waals surface area contributed by atoms with Crippen molar-refractivity contribution < 1.29 is 4.79 Å². The van der Waals surface area contributed by atoms with Gasteiger partial charge in [-0.2, -0.15) is 0 Å². The Morgan fingerprint density at radius 3 is 2.12 bits per heavy atom. The third-order valence-electron chi connectivity index (χ3n) is 2.65. The zero-order valence-corrected chi connectivity index (χ0v) is 10.5. The maximum Gasteiger partial charge on any atom is 0.211 e. The van der Waals surface area contributed by atoms with Gasteiger partial charge < -0.3 is 9.88 Å². The lowest BCUT2D eigenvalue weighted by Crippen LogP contribution is -1.91. The molecule has 2 rings (SSSR count). The van der Waals surface area contributed by atoms with Gasteiger partial charge >= 0.3 is 0 Å². The predicted octanol–water partition coefficient (Wildman–Crippen LogP) is 2.90. The Hall–Kier alpha value is -2.03. The van der Waals surface area contributed by atoms with Crippen LogP contribution in [0, 0.1) is 13.8 Å². The average Bonchev–Trinajstić information content (AvgIpc) is 2.63. The topological polar surface area (TPSA) is 34.0 Å². The lowest BCUT2D eigenvalue weighted by molar-refractivity contribution is -0.105. The van der Waals surface area contributed by atoms with E-state index in [0.717, 1.165) is 5.69 Å². The van der Waals surface area contributed by atoms with E-state index >= 15 is 0 Å². The largest absolute Gasteiger partial charge is 0.354 e. The fourth-order valence-corrected chi connectivity index (χ4v) is 1.34. The second-order valence-corrected chi connectivity index (χ2v) is 3.82. The molecule has 90 valence electrons. The van der Waals surface area contributed by atoms with E-state index < -0.39 is 0 Å². The van der Waals surface area contributed by atoms with E-state index in [1.807, 2.05) is 30.3 Å². The summed E-state index contributed by atoms with van der Waals surface area (Å²) in [7, 11) is 2.06. The van der Waals surface area contributed by atoms with Crippen molar-refractivity contribution in [2.45, 2.75) is 13.8 Å². The second kappa shape index (κ2) is 6.53. The molecular weight excluding hydrogens is 212 g/mol. The lowest BCUT2D eigenvalue weighted by atomic mass is 10.3. The molecule has 0 spiro atoms. The lowest BCUT2D eigenvalue weighted by Gasteiger charge is -1.93. The SMILES string of the molecule is Cc1ccn(C)c1C.O=CNc1ccccc1. The van der Waals surface area contributed by atoms with Gasteiger partial charge in [0.05, 0.1) is 0 Å². The summed E-state index contributed by atoms with van der Waals surface area (Å²) >= 11 is 0. The Morgan fingerprint density at radius 1 is 1.12 bits per heavy atom. The van der Waals surface area contributed by atoms with Gasteiger partial charge in [-0.25, -0.2) is 0 Å². The smallest absolute Gasteiger partial charge is 0.211 e. The fraction of sp³-hybridized carbons (Fsp3) is 0.214. The molecular formula is C14H18N2O.